The monoisotopic (exact) mass is 370 g/mol. The van der Waals surface area contributed by atoms with Crippen molar-refractivity contribution in [3.05, 3.63) is 35.5 Å². The number of amides is 1. The Morgan fingerprint density at radius 2 is 1.67 bits per heavy atom. The summed E-state index contributed by atoms with van der Waals surface area (Å²) in [5.41, 5.74) is -3.60. The molecule has 0 bridgehead atoms. The highest BCUT2D eigenvalue weighted by atomic mass is 32.2. The number of alkyl halides is 6. The molecule has 2 N–H and O–H groups in total. The maximum atomic E-state index is 12.7. The van der Waals surface area contributed by atoms with Crippen molar-refractivity contribution in [3.63, 3.8) is 0 Å². The fraction of sp³-hybridized carbons (Fsp3) is 0.250. The van der Waals surface area contributed by atoms with Gasteiger partial charge >= 0.3 is 12.4 Å². The van der Waals surface area contributed by atoms with Gasteiger partial charge in [-0.3, -0.25) is 4.79 Å². The number of hydrogen-bond acceptors (Lipinski definition) is 4. The van der Waals surface area contributed by atoms with E-state index < -0.39 is 35.1 Å². The minimum Gasteiger partial charge on any atom is -0.325 e. The molecule has 1 aromatic carbocycles. The molecule has 5 nitrogen and oxygen atoms in total. The van der Waals surface area contributed by atoms with Gasteiger partial charge in [0.15, 0.2) is 0 Å². The quantitative estimate of drug-likeness (QED) is 0.638. The lowest BCUT2D eigenvalue weighted by atomic mass is 10.1. The summed E-state index contributed by atoms with van der Waals surface area (Å²) >= 11 is 0.913. The smallest absolute Gasteiger partial charge is 0.325 e. The Hall–Kier alpha value is -2.24. The highest BCUT2D eigenvalue weighted by Crippen LogP contribution is 2.37. The second-order valence-electron chi connectivity index (χ2n) is 4.44. The zero-order valence-electron chi connectivity index (χ0n) is 11.5. The van der Waals surface area contributed by atoms with Gasteiger partial charge in [0, 0.05) is 5.69 Å². The topological polar surface area (TPSA) is 70.7 Å². The molecular formula is C12H8F6N4OS. The van der Waals surface area contributed by atoms with Crippen LogP contribution in [0.15, 0.2) is 29.4 Å². The fourth-order valence-electron chi connectivity index (χ4n) is 1.62. The summed E-state index contributed by atoms with van der Waals surface area (Å²) in [5.74, 6) is -1.04. The molecule has 1 heterocycles. The molecule has 1 amide bonds. The Bertz CT molecular complexity index is 681. The first-order valence-corrected chi connectivity index (χ1v) is 7.12. The largest absolute Gasteiger partial charge is 0.416 e. The molecular weight excluding hydrogens is 362 g/mol. The summed E-state index contributed by atoms with van der Waals surface area (Å²) < 4.78 is 76.2. The lowest BCUT2D eigenvalue weighted by Crippen LogP contribution is -2.17. The van der Waals surface area contributed by atoms with Crippen LogP contribution >= 0.6 is 11.8 Å². The van der Waals surface area contributed by atoms with E-state index in [2.05, 4.69) is 15.4 Å². The van der Waals surface area contributed by atoms with Crippen LogP contribution in [0.1, 0.15) is 11.1 Å². The first-order chi connectivity index (χ1) is 11.1. The van der Waals surface area contributed by atoms with Crippen LogP contribution in [0.2, 0.25) is 0 Å². The van der Waals surface area contributed by atoms with E-state index in [-0.39, 0.29) is 11.8 Å². The summed E-state index contributed by atoms with van der Waals surface area (Å²) in [6.45, 7) is 0. The van der Waals surface area contributed by atoms with Gasteiger partial charge < -0.3 is 5.32 Å². The number of thioether (sulfide) groups is 1. The van der Waals surface area contributed by atoms with E-state index in [1.54, 1.807) is 0 Å². The molecule has 2 aromatic rings. The van der Waals surface area contributed by atoms with Crippen LogP contribution in [0, 0.1) is 0 Å². The second kappa shape index (κ2) is 6.71. The number of halogens is 6. The number of rotatable bonds is 4. The van der Waals surface area contributed by atoms with E-state index in [4.69, 9.17) is 0 Å². The maximum absolute atomic E-state index is 12.7. The second-order valence-corrected chi connectivity index (χ2v) is 5.44. The standard InChI is InChI=1S/C12H8F6N4OS/c13-11(14,15)6-1-7(12(16,17)18)3-8(2-6)20-9(23)5-24-10-4-19-22-21-10/h1-4H,5H2,(H,20,23)(H,19,21,22). The molecule has 0 aliphatic carbocycles. The Kier molecular flexibility index (Phi) is 5.06. The fourth-order valence-corrected chi connectivity index (χ4v) is 2.21. The third-order valence-electron chi connectivity index (χ3n) is 2.62. The first-order valence-electron chi connectivity index (χ1n) is 6.13. The average Bonchev–Trinajstić information content (AvgIpc) is 2.96. The summed E-state index contributed by atoms with van der Waals surface area (Å²) in [5, 5.41) is 11.8. The third-order valence-corrected chi connectivity index (χ3v) is 3.51. The number of anilines is 1. The van der Waals surface area contributed by atoms with Gasteiger partial charge in [-0.2, -0.15) is 36.7 Å². The number of nitrogens with one attached hydrogen (secondary N) is 2. The van der Waals surface area contributed by atoms with Crippen LogP contribution < -0.4 is 5.32 Å². The normalized spacial score (nSPS) is 12.2. The molecule has 1 aromatic heterocycles. The van der Waals surface area contributed by atoms with E-state index in [0.717, 1.165) is 11.8 Å². The number of H-pyrrole nitrogens is 1. The Morgan fingerprint density at radius 1 is 1.08 bits per heavy atom. The van der Waals surface area contributed by atoms with E-state index in [0.29, 0.717) is 17.2 Å². The SMILES string of the molecule is O=C(CSc1cn[nH]n1)Nc1cc(C(F)(F)F)cc(C(F)(F)F)c1. The number of carbonyl (C=O) groups excluding carboxylic acids is 1. The van der Waals surface area contributed by atoms with E-state index in [1.807, 2.05) is 5.32 Å². The van der Waals surface area contributed by atoms with Crippen molar-refractivity contribution in [2.24, 2.45) is 0 Å². The molecule has 12 heteroatoms. The Labute approximate surface area is 134 Å². The van der Waals surface area contributed by atoms with Gasteiger partial charge in [-0.25, -0.2) is 0 Å². The third kappa shape index (κ3) is 4.88. The van der Waals surface area contributed by atoms with Crippen LogP contribution in [-0.2, 0) is 17.1 Å². The predicted octanol–water partition coefficient (Wildman–Crippen LogP) is 3.57. The van der Waals surface area contributed by atoms with Gasteiger partial charge in [-0.05, 0) is 18.2 Å². The summed E-state index contributed by atoms with van der Waals surface area (Å²) in [6.07, 6.45) is -8.64. The molecule has 0 saturated heterocycles. The molecule has 0 aliphatic heterocycles. The van der Waals surface area contributed by atoms with Gasteiger partial charge in [0.25, 0.3) is 0 Å². The molecule has 130 valence electrons. The van der Waals surface area contributed by atoms with E-state index >= 15 is 0 Å². The van der Waals surface area contributed by atoms with Crippen molar-refractivity contribution in [1.82, 2.24) is 15.4 Å². The number of nitrogens with zero attached hydrogens (tertiary/aromatic N) is 2. The van der Waals surface area contributed by atoms with Gasteiger partial charge in [0.05, 0.1) is 23.1 Å². The van der Waals surface area contributed by atoms with Crippen LogP contribution in [0.3, 0.4) is 0 Å². The Morgan fingerprint density at radius 3 is 2.12 bits per heavy atom. The molecule has 0 radical (unpaired) electrons. The van der Waals surface area contributed by atoms with Crippen molar-refractivity contribution in [2.45, 2.75) is 17.4 Å². The van der Waals surface area contributed by atoms with Crippen LogP contribution in [-0.4, -0.2) is 27.1 Å². The number of benzene rings is 1. The van der Waals surface area contributed by atoms with Crippen LogP contribution in [0.5, 0.6) is 0 Å². The van der Waals surface area contributed by atoms with Crippen molar-refractivity contribution < 1.29 is 31.1 Å². The molecule has 0 aliphatic rings. The van der Waals surface area contributed by atoms with Crippen molar-refractivity contribution >= 4 is 23.4 Å². The lowest BCUT2D eigenvalue weighted by Gasteiger charge is -2.14. The summed E-state index contributed by atoms with van der Waals surface area (Å²) in [7, 11) is 0. The minimum atomic E-state index is -4.98. The number of aromatic amines is 1. The van der Waals surface area contributed by atoms with E-state index in [1.165, 1.54) is 6.20 Å². The number of hydrogen-bond donors (Lipinski definition) is 2. The van der Waals surface area contributed by atoms with Gasteiger partial charge in [0.1, 0.15) is 5.03 Å². The molecule has 24 heavy (non-hydrogen) atoms. The van der Waals surface area contributed by atoms with Gasteiger partial charge in [-0.15, -0.1) is 5.10 Å². The zero-order valence-corrected chi connectivity index (χ0v) is 12.3. The number of aromatic nitrogens is 3. The van der Waals surface area contributed by atoms with Crippen LogP contribution in [0.4, 0.5) is 32.0 Å². The summed E-state index contributed by atoms with van der Waals surface area (Å²) in [4.78, 5) is 11.7. The minimum absolute atomic E-state index is 0.0141. The Balaban J connectivity index is 2.17. The lowest BCUT2D eigenvalue weighted by molar-refractivity contribution is -0.143. The summed E-state index contributed by atoms with van der Waals surface area (Å²) in [6, 6.07) is 0.863. The molecule has 0 atom stereocenters. The van der Waals surface area contributed by atoms with Crippen molar-refractivity contribution in [3.8, 4) is 0 Å². The van der Waals surface area contributed by atoms with Crippen molar-refractivity contribution in [1.29, 1.82) is 0 Å². The molecule has 0 unspecified atom stereocenters. The highest BCUT2D eigenvalue weighted by molar-refractivity contribution is 7.99. The first kappa shape index (κ1) is 18.1. The number of carbonyl (C=O) groups is 1. The average molecular weight is 370 g/mol. The zero-order chi connectivity index (χ0) is 18.0. The van der Waals surface area contributed by atoms with Crippen LogP contribution in [0.25, 0.3) is 0 Å². The predicted molar refractivity (Wildman–Crippen MR) is 72.2 cm³/mol. The van der Waals surface area contributed by atoms with Crippen molar-refractivity contribution in [2.75, 3.05) is 11.1 Å². The molecule has 2 rings (SSSR count). The molecule has 0 fully saturated rings. The molecule has 0 spiro atoms. The molecule has 0 saturated carbocycles. The van der Waals surface area contributed by atoms with E-state index in [9.17, 15) is 31.1 Å². The van der Waals surface area contributed by atoms with Gasteiger partial charge in [-0.1, -0.05) is 11.8 Å². The highest BCUT2D eigenvalue weighted by Gasteiger charge is 2.37. The van der Waals surface area contributed by atoms with Gasteiger partial charge in [0.2, 0.25) is 5.91 Å². The maximum Gasteiger partial charge on any atom is 0.416 e.